The first kappa shape index (κ1) is 22.8. The highest BCUT2D eigenvalue weighted by Gasteiger charge is 2.30. The summed E-state index contributed by atoms with van der Waals surface area (Å²) in [6, 6.07) is 22.3. The van der Waals surface area contributed by atoms with Crippen LogP contribution in [0.4, 0.5) is 0 Å². The van der Waals surface area contributed by atoms with E-state index in [4.69, 9.17) is 16.3 Å². The zero-order chi connectivity index (χ0) is 22.2. The van der Waals surface area contributed by atoms with Gasteiger partial charge in [-0.3, -0.25) is 4.79 Å². The fourth-order valence-electron chi connectivity index (χ4n) is 3.13. The molecule has 1 N–H and O–H groups in total. The maximum atomic E-state index is 13.1. The predicted octanol–water partition coefficient (Wildman–Crippen LogP) is 5.21. The quantitative estimate of drug-likeness (QED) is 0.436. The lowest BCUT2D eigenvalue weighted by molar-refractivity contribution is -0.151. The molecule has 3 rings (SSSR count). The summed E-state index contributed by atoms with van der Waals surface area (Å²) in [4.78, 5) is 26.6. The molecule has 0 spiro atoms. The van der Waals surface area contributed by atoms with Gasteiger partial charge in [0.2, 0.25) is 0 Å². The van der Waals surface area contributed by atoms with E-state index in [1.807, 2.05) is 54.6 Å². The minimum Gasteiger partial charge on any atom is -0.484 e. The Morgan fingerprint density at radius 1 is 0.968 bits per heavy atom. The van der Waals surface area contributed by atoms with Gasteiger partial charge in [0.05, 0.1) is 0 Å². The minimum atomic E-state index is -1.07. The Morgan fingerprint density at radius 2 is 1.65 bits per heavy atom. The van der Waals surface area contributed by atoms with Crippen LogP contribution in [0.25, 0.3) is 0 Å². The van der Waals surface area contributed by atoms with Gasteiger partial charge in [-0.15, -0.1) is 0 Å². The first-order chi connectivity index (χ1) is 14.9. The molecule has 7 heteroatoms. The molecule has 160 valence electrons. The fraction of sp³-hybridized carbons (Fsp3) is 0.167. The summed E-state index contributed by atoms with van der Waals surface area (Å²) in [5, 5.41) is 10.5. The number of aliphatic carboxylic acids is 1. The van der Waals surface area contributed by atoms with E-state index in [1.54, 1.807) is 24.3 Å². The number of nitrogens with zero attached hydrogens (tertiary/aromatic N) is 1. The maximum absolute atomic E-state index is 13.1. The summed E-state index contributed by atoms with van der Waals surface area (Å²) in [6.07, 6.45) is 0.191. The average molecular weight is 503 g/mol. The standard InChI is InChI=1S/C24H21BrClNO4/c25-19-8-4-7-18(13-19)15-27(22(24(29)30)14-17-5-2-1-3-6-17)23(28)16-31-21-11-9-20(26)10-12-21/h1-13,22H,14-16H2,(H,29,30). The van der Waals surface area contributed by atoms with E-state index in [9.17, 15) is 14.7 Å². The van der Waals surface area contributed by atoms with Crippen LogP contribution >= 0.6 is 27.5 Å². The normalized spacial score (nSPS) is 11.5. The highest BCUT2D eigenvalue weighted by Crippen LogP contribution is 2.19. The Hall–Kier alpha value is -2.83. The van der Waals surface area contributed by atoms with Crippen molar-refractivity contribution < 1.29 is 19.4 Å². The van der Waals surface area contributed by atoms with Gasteiger partial charge in [0, 0.05) is 22.5 Å². The molecule has 0 fully saturated rings. The maximum Gasteiger partial charge on any atom is 0.326 e. The zero-order valence-corrected chi connectivity index (χ0v) is 18.9. The van der Waals surface area contributed by atoms with Crippen molar-refractivity contribution >= 4 is 39.4 Å². The minimum absolute atomic E-state index is 0.145. The predicted molar refractivity (Wildman–Crippen MR) is 123 cm³/mol. The molecule has 0 aliphatic carbocycles. The molecule has 0 saturated heterocycles. The number of amides is 1. The third kappa shape index (κ3) is 6.84. The van der Waals surface area contributed by atoms with Crippen molar-refractivity contribution in [1.82, 2.24) is 4.90 Å². The molecule has 1 atom stereocenters. The molecule has 1 unspecified atom stereocenters. The first-order valence-corrected chi connectivity index (χ1v) is 10.8. The largest absolute Gasteiger partial charge is 0.484 e. The number of halogens is 2. The van der Waals surface area contributed by atoms with Crippen LogP contribution in [0, 0.1) is 0 Å². The SMILES string of the molecule is O=C(O)C(Cc1ccccc1)N(Cc1cccc(Br)c1)C(=O)COc1ccc(Cl)cc1. The molecule has 0 saturated carbocycles. The molecule has 0 aliphatic rings. The van der Waals surface area contributed by atoms with Crippen LogP contribution in [0.3, 0.4) is 0 Å². The lowest BCUT2D eigenvalue weighted by Gasteiger charge is -2.29. The molecule has 3 aromatic carbocycles. The monoisotopic (exact) mass is 501 g/mol. The molecule has 0 bridgehead atoms. The molecular formula is C24H21BrClNO4. The van der Waals surface area contributed by atoms with Crippen LogP contribution in [-0.2, 0) is 22.6 Å². The van der Waals surface area contributed by atoms with E-state index in [0.717, 1.165) is 15.6 Å². The molecule has 3 aromatic rings. The van der Waals surface area contributed by atoms with E-state index < -0.39 is 17.9 Å². The van der Waals surface area contributed by atoms with E-state index in [1.165, 1.54) is 4.90 Å². The summed E-state index contributed by atoms with van der Waals surface area (Å²) in [5.41, 5.74) is 1.65. The molecule has 1 amide bonds. The summed E-state index contributed by atoms with van der Waals surface area (Å²) in [7, 11) is 0. The van der Waals surface area contributed by atoms with Crippen LogP contribution in [0.15, 0.2) is 83.3 Å². The topological polar surface area (TPSA) is 66.8 Å². The van der Waals surface area contributed by atoms with Crippen LogP contribution in [-0.4, -0.2) is 34.5 Å². The van der Waals surface area contributed by atoms with Gasteiger partial charge in [0.1, 0.15) is 11.8 Å². The fourth-order valence-corrected chi connectivity index (χ4v) is 3.70. The second-order valence-electron chi connectivity index (χ2n) is 6.94. The van der Waals surface area contributed by atoms with E-state index in [2.05, 4.69) is 15.9 Å². The van der Waals surface area contributed by atoms with Gasteiger partial charge in [0.15, 0.2) is 6.61 Å². The highest BCUT2D eigenvalue weighted by molar-refractivity contribution is 9.10. The molecule has 0 aliphatic heterocycles. The van der Waals surface area contributed by atoms with Crippen molar-refractivity contribution in [1.29, 1.82) is 0 Å². The van der Waals surface area contributed by atoms with Crippen molar-refractivity contribution in [2.75, 3.05) is 6.61 Å². The number of hydrogen-bond acceptors (Lipinski definition) is 3. The van der Waals surface area contributed by atoms with E-state index in [0.29, 0.717) is 10.8 Å². The van der Waals surface area contributed by atoms with Crippen molar-refractivity contribution in [3.8, 4) is 5.75 Å². The number of carbonyl (C=O) groups excluding carboxylic acids is 1. The van der Waals surface area contributed by atoms with E-state index in [-0.39, 0.29) is 19.6 Å². The summed E-state index contributed by atoms with van der Waals surface area (Å²) < 4.78 is 6.44. The Labute approximate surface area is 194 Å². The second-order valence-corrected chi connectivity index (χ2v) is 8.29. The van der Waals surface area contributed by atoms with Gasteiger partial charge in [-0.1, -0.05) is 70.0 Å². The molecule has 5 nitrogen and oxygen atoms in total. The molecule has 31 heavy (non-hydrogen) atoms. The Kier molecular flexibility index (Phi) is 8.09. The molecule has 0 aromatic heterocycles. The van der Waals surface area contributed by atoms with Crippen LogP contribution in [0.1, 0.15) is 11.1 Å². The number of carboxylic acid groups (broad SMARTS) is 1. The molecule has 0 heterocycles. The molecular weight excluding hydrogens is 482 g/mol. The summed E-state index contributed by atoms with van der Waals surface area (Å²) in [6.45, 7) is -0.139. The Bertz CT molecular complexity index is 1030. The summed E-state index contributed by atoms with van der Waals surface area (Å²) in [5.74, 6) is -1.01. The Balaban J connectivity index is 1.83. The van der Waals surface area contributed by atoms with Crippen LogP contribution in [0.2, 0.25) is 5.02 Å². The van der Waals surface area contributed by atoms with Crippen molar-refractivity contribution in [3.05, 3.63) is 99.5 Å². The third-order valence-electron chi connectivity index (χ3n) is 4.67. The smallest absolute Gasteiger partial charge is 0.326 e. The van der Waals surface area contributed by atoms with Crippen LogP contribution in [0.5, 0.6) is 5.75 Å². The van der Waals surface area contributed by atoms with Gasteiger partial charge in [0.25, 0.3) is 5.91 Å². The zero-order valence-electron chi connectivity index (χ0n) is 16.6. The van der Waals surface area contributed by atoms with Gasteiger partial charge >= 0.3 is 5.97 Å². The lowest BCUT2D eigenvalue weighted by atomic mass is 10.0. The van der Waals surface area contributed by atoms with Gasteiger partial charge in [-0.05, 0) is 47.5 Å². The lowest BCUT2D eigenvalue weighted by Crippen LogP contribution is -2.47. The van der Waals surface area contributed by atoms with Gasteiger partial charge in [-0.25, -0.2) is 4.79 Å². The highest BCUT2D eigenvalue weighted by atomic mass is 79.9. The van der Waals surface area contributed by atoms with Gasteiger partial charge in [-0.2, -0.15) is 0 Å². The Morgan fingerprint density at radius 3 is 2.29 bits per heavy atom. The number of ether oxygens (including phenoxy) is 1. The summed E-state index contributed by atoms with van der Waals surface area (Å²) >= 11 is 9.30. The number of carboxylic acids is 1. The second kappa shape index (κ2) is 11.0. The number of carbonyl (C=O) groups is 2. The first-order valence-electron chi connectivity index (χ1n) is 9.61. The van der Waals surface area contributed by atoms with Crippen molar-refractivity contribution in [3.63, 3.8) is 0 Å². The number of hydrogen-bond donors (Lipinski definition) is 1. The average Bonchev–Trinajstić information content (AvgIpc) is 2.76. The van der Waals surface area contributed by atoms with Gasteiger partial charge < -0.3 is 14.7 Å². The number of benzene rings is 3. The van der Waals surface area contributed by atoms with Crippen LogP contribution < -0.4 is 4.74 Å². The number of rotatable bonds is 9. The molecule has 0 radical (unpaired) electrons. The van der Waals surface area contributed by atoms with Crippen molar-refractivity contribution in [2.45, 2.75) is 19.0 Å². The third-order valence-corrected chi connectivity index (χ3v) is 5.42. The van der Waals surface area contributed by atoms with Crippen molar-refractivity contribution in [2.24, 2.45) is 0 Å². The van der Waals surface area contributed by atoms with E-state index >= 15 is 0 Å².